The molecule has 0 unspecified atom stereocenters. The molecule has 136 valence electrons. The molecule has 4 heterocycles. The molecular formula is C17H21N7OS. The lowest BCUT2D eigenvalue weighted by Crippen LogP contribution is -2.35. The minimum absolute atomic E-state index is 0.0992. The van der Waals surface area contributed by atoms with Crippen LogP contribution in [-0.2, 0) is 14.1 Å². The van der Waals surface area contributed by atoms with Crippen molar-refractivity contribution >= 4 is 23.2 Å². The van der Waals surface area contributed by atoms with E-state index in [0.29, 0.717) is 18.9 Å². The first-order chi connectivity index (χ1) is 12.5. The van der Waals surface area contributed by atoms with E-state index in [1.807, 2.05) is 49.4 Å². The molecule has 8 nitrogen and oxygen atoms in total. The van der Waals surface area contributed by atoms with Gasteiger partial charge in [-0.05, 0) is 17.0 Å². The van der Waals surface area contributed by atoms with Crippen LogP contribution < -0.4 is 11.1 Å². The van der Waals surface area contributed by atoms with Crippen LogP contribution >= 0.6 is 11.3 Å². The number of amides is 2. The third-order valence-electron chi connectivity index (χ3n) is 4.74. The Balaban J connectivity index is 1.46. The van der Waals surface area contributed by atoms with E-state index in [-0.39, 0.29) is 18.0 Å². The number of aryl methyl sites for hydroxylation is 2. The molecule has 1 aliphatic rings. The Bertz CT molecular complexity index is 914. The first-order valence-corrected chi connectivity index (χ1v) is 9.32. The highest BCUT2D eigenvalue weighted by Gasteiger charge is 2.34. The van der Waals surface area contributed by atoms with Gasteiger partial charge in [-0.2, -0.15) is 21.5 Å². The van der Waals surface area contributed by atoms with Crippen LogP contribution in [0.25, 0.3) is 11.3 Å². The summed E-state index contributed by atoms with van der Waals surface area (Å²) in [5.74, 6) is 0.761. The van der Waals surface area contributed by atoms with Crippen LogP contribution in [0.1, 0.15) is 11.5 Å². The number of rotatable bonds is 3. The normalized spacial score (nSPS) is 19.9. The zero-order valence-electron chi connectivity index (χ0n) is 14.7. The molecule has 3 aromatic heterocycles. The second-order valence-corrected chi connectivity index (χ2v) is 7.38. The molecule has 1 aliphatic heterocycles. The van der Waals surface area contributed by atoms with E-state index < -0.39 is 0 Å². The topological polar surface area (TPSA) is 94.0 Å². The van der Waals surface area contributed by atoms with Gasteiger partial charge in [0.25, 0.3) is 0 Å². The molecule has 1 saturated heterocycles. The number of nitrogens with two attached hydrogens (primary N) is 1. The summed E-state index contributed by atoms with van der Waals surface area (Å²) < 4.78 is 3.44. The summed E-state index contributed by atoms with van der Waals surface area (Å²) >= 11 is 1.62. The maximum atomic E-state index is 12.7. The molecule has 0 radical (unpaired) electrons. The number of thiophene rings is 1. The maximum Gasteiger partial charge on any atom is 0.323 e. The Kier molecular flexibility index (Phi) is 4.25. The fraction of sp³-hybridized carbons (Fsp3) is 0.353. The molecule has 1 fully saturated rings. The van der Waals surface area contributed by atoms with Crippen molar-refractivity contribution in [2.24, 2.45) is 19.8 Å². The zero-order chi connectivity index (χ0) is 18.3. The number of anilines is 1. The Hall–Kier alpha value is -2.65. The lowest BCUT2D eigenvalue weighted by atomic mass is 9.98. The fourth-order valence-electron chi connectivity index (χ4n) is 3.30. The minimum atomic E-state index is -0.160. The van der Waals surface area contributed by atoms with Crippen LogP contribution in [0.5, 0.6) is 0 Å². The second-order valence-electron chi connectivity index (χ2n) is 6.60. The smallest absolute Gasteiger partial charge is 0.323 e. The number of carbonyl (C=O) groups is 1. The number of urea groups is 1. The molecule has 2 amide bonds. The summed E-state index contributed by atoms with van der Waals surface area (Å²) in [5.41, 5.74) is 9.22. The predicted octanol–water partition coefficient (Wildman–Crippen LogP) is 1.84. The predicted molar refractivity (Wildman–Crippen MR) is 101 cm³/mol. The Labute approximate surface area is 155 Å². The molecule has 0 bridgehead atoms. The van der Waals surface area contributed by atoms with Crippen molar-refractivity contribution in [1.29, 1.82) is 0 Å². The number of hydrogen-bond acceptors (Lipinski definition) is 5. The number of aromatic nitrogens is 4. The average Bonchev–Trinajstić information content (AvgIpc) is 3.35. The van der Waals surface area contributed by atoms with Gasteiger partial charge in [0.2, 0.25) is 0 Å². The Morgan fingerprint density at radius 1 is 1.38 bits per heavy atom. The average molecular weight is 371 g/mol. The third-order valence-corrected chi connectivity index (χ3v) is 5.42. The molecule has 0 spiro atoms. The van der Waals surface area contributed by atoms with Crippen molar-refractivity contribution in [2.45, 2.75) is 12.0 Å². The van der Waals surface area contributed by atoms with Gasteiger partial charge in [0, 0.05) is 62.4 Å². The molecule has 0 aromatic carbocycles. The van der Waals surface area contributed by atoms with Crippen LogP contribution in [0.4, 0.5) is 10.6 Å². The Morgan fingerprint density at radius 3 is 2.92 bits per heavy atom. The number of nitrogens with one attached hydrogen (secondary N) is 1. The highest BCUT2D eigenvalue weighted by molar-refractivity contribution is 7.08. The van der Waals surface area contributed by atoms with Gasteiger partial charge in [0.1, 0.15) is 5.82 Å². The van der Waals surface area contributed by atoms with Gasteiger partial charge in [-0.25, -0.2) is 4.79 Å². The summed E-state index contributed by atoms with van der Waals surface area (Å²) in [5, 5.41) is 15.7. The van der Waals surface area contributed by atoms with Crippen LogP contribution in [0, 0.1) is 0 Å². The monoisotopic (exact) mass is 371 g/mol. The van der Waals surface area contributed by atoms with Crippen LogP contribution in [0.3, 0.4) is 0 Å². The molecule has 4 rings (SSSR count). The van der Waals surface area contributed by atoms with E-state index in [9.17, 15) is 4.79 Å². The third kappa shape index (κ3) is 3.11. The standard InChI is InChI=1S/C17H21N7OS/c1-22-7-12(6-19-22)13-8-24(9-14(13)18)17(25)20-16-5-15(21-23(16)2)11-3-4-26-10-11/h3-7,10,13-14H,8-9,18H2,1-2H3,(H,20,25)/t13-,14+/m0/s1. The van der Waals surface area contributed by atoms with Crippen LogP contribution in [0.2, 0.25) is 0 Å². The molecule has 9 heteroatoms. The van der Waals surface area contributed by atoms with Gasteiger partial charge in [-0.1, -0.05) is 0 Å². The highest BCUT2D eigenvalue weighted by Crippen LogP contribution is 2.27. The van der Waals surface area contributed by atoms with Crippen molar-refractivity contribution in [1.82, 2.24) is 24.5 Å². The minimum Gasteiger partial charge on any atom is -0.326 e. The zero-order valence-corrected chi connectivity index (χ0v) is 15.5. The first kappa shape index (κ1) is 16.8. The molecule has 3 aromatic rings. The van der Waals surface area contributed by atoms with Gasteiger partial charge in [-0.3, -0.25) is 14.7 Å². The number of carbonyl (C=O) groups excluding carboxylic acids is 1. The maximum absolute atomic E-state index is 12.7. The molecule has 3 N–H and O–H groups in total. The van der Waals surface area contributed by atoms with E-state index in [1.54, 1.807) is 25.6 Å². The second kappa shape index (κ2) is 6.58. The lowest BCUT2D eigenvalue weighted by molar-refractivity contribution is 0.221. The Morgan fingerprint density at radius 2 is 2.23 bits per heavy atom. The van der Waals surface area contributed by atoms with Gasteiger partial charge < -0.3 is 10.6 Å². The van der Waals surface area contributed by atoms with Crippen molar-refractivity contribution in [3.05, 3.63) is 40.8 Å². The SMILES string of the molecule is Cn1cc([C@@H]2CN(C(=O)Nc3cc(-c4ccsc4)nn3C)C[C@H]2N)cn1. The molecule has 0 saturated carbocycles. The van der Waals surface area contributed by atoms with E-state index in [1.165, 1.54) is 0 Å². The van der Waals surface area contributed by atoms with E-state index in [0.717, 1.165) is 16.8 Å². The lowest BCUT2D eigenvalue weighted by Gasteiger charge is -2.16. The summed E-state index contributed by atoms with van der Waals surface area (Å²) in [6.07, 6.45) is 3.78. The van der Waals surface area contributed by atoms with Gasteiger partial charge in [-0.15, -0.1) is 0 Å². The van der Waals surface area contributed by atoms with Gasteiger partial charge in [0.05, 0.1) is 11.9 Å². The molecule has 0 aliphatic carbocycles. The van der Waals surface area contributed by atoms with E-state index >= 15 is 0 Å². The van der Waals surface area contributed by atoms with Crippen molar-refractivity contribution in [3.63, 3.8) is 0 Å². The highest BCUT2D eigenvalue weighted by atomic mass is 32.1. The van der Waals surface area contributed by atoms with Crippen LogP contribution in [-0.4, -0.2) is 49.6 Å². The van der Waals surface area contributed by atoms with Crippen molar-refractivity contribution < 1.29 is 4.79 Å². The largest absolute Gasteiger partial charge is 0.326 e. The van der Waals surface area contributed by atoms with E-state index in [2.05, 4.69) is 15.5 Å². The van der Waals surface area contributed by atoms with Gasteiger partial charge >= 0.3 is 6.03 Å². The summed E-state index contributed by atoms with van der Waals surface area (Å²) in [6.45, 7) is 1.09. The van der Waals surface area contributed by atoms with Crippen LogP contribution in [0.15, 0.2) is 35.3 Å². The molecular weight excluding hydrogens is 350 g/mol. The van der Waals surface area contributed by atoms with Crippen molar-refractivity contribution in [2.75, 3.05) is 18.4 Å². The quantitative estimate of drug-likeness (QED) is 0.735. The van der Waals surface area contributed by atoms with E-state index in [4.69, 9.17) is 5.73 Å². The number of hydrogen-bond donors (Lipinski definition) is 2. The summed E-state index contributed by atoms with van der Waals surface area (Å²) in [7, 11) is 3.70. The van der Waals surface area contributed by atoms with Crippen molar-refractivity contribution in [3.8, 4) is 11.3 Å². The number of nitrogens with zero attached hydrogens (tertiary/aromatic N) is 5. The first-order valence-electron chi connectivity index (χ1n) is 8.38. The van der Waals surface area contributed by atoms with Gasteiger partial charge in [0.15, 0.2) is 0 Å². The number of likely N-dealkylation sites (tertiary alicyclic amines) is 1. The summed E-state index contributed by atoms with van der Waals surface area (Å²) in [6, 6.07) is 3.63. The molecule has 26 heavy (non-hydrogen) atoms. The summed E-state index contributed by atoms with van der Waals surface area (Å²) in [4.78, 5) is 14.4. The fourth-order valence-corrected chi connectivity index (χ4v) is 3.95. The molecule has 2 atom stereocenters.